The second-order valence-electron chi connectivity index (χ2n) is 5.17. The third-order valence-electron chi connectivity index (χ3n) is 3.70. The van der Waals surface area contributed by atoms with E-state index < -0.39 is 0 Å². The summed E-state index contributed by atoms with van der Waals surface area (Å²) < 4.78 is 1.49. The van der Waals surface area contributed by atoms with Gasteiger partial charge in [-0.05, 0) is 32.1 Å². The van der Waals surface area contributed by atoms with E-state index in [0.29, 0.717) is 6.54 Å². The van der Waals surface area contributed by atoms with Crippen LogP contribution in [0.5, 0.6) is 0 Å². The van der Waals surface area contributed by atoms with Gasteiger partial charge in [0.2, 0.25) is 0 Å². The van der Waals surface area contributed by atoms with Gasteiger partial charge < -0.3 is 10.0 Å². The fraction of sp³-hybridized carbons (Fsp3) is 0.714. The first-order valence-corrected chi connectivity index (χ1v) is 7.21. The van der Waals surface area contributed by atoms with E-state index in [4.69, 9.17) is 0 Å². The van der Waals surface area contributed by atoms with E-state index in [9.17, 15) is 9.90 Å². The number of anilines is 1. The quantitative estimate of drug-likeness (QED) is 0.844. The Morgan fingerprint density at radius 2 is 2.16 bits per heavy atom. The molecular formula is C14H23N3O2. The van der Waals surface area contributed by atoms with Crippen molar-refractivity contribution in [3.05, 3.63) is 22.6 Å². The van der Waals surface area contributed by atoms with Crippen molar-refractivity contribution >= 4 is 5.69 Å². The molecule has 1 aliphatic rings. The van der Waals surface area contributed by atoms with Crippen molar-refractivity contribution in [2.24, 2.45) is 0 Å². The lowest BCUT2D eigenvalue weighted by molar-refractivity contribution is 0.155. The molecule has 1 aromatic rings. The third-order valence-corrected chi connectivity index (χ3v) is 3.70. The van der Waals surface area contributed by atoms with Gasteiger partial charge in [0.1, 0.15) is 0 Å². The largest absolute Gasteiger partial charge is 0.393 e. The highest BCUT2D eigenvalue weighted by Crippen LogP contribution is 2.16. The van der Waals surface area contributed by atoms with E-state index in [1.807, 2.05) is 6.92 Å². The lowest BCUT2D eigenvalue weighted by Crippen LogP contribution is -2.26. The number of rotatable bonds is 6. The second kappa shape index (κ2) is 6.70. The summed E-state index contributed by atoms with van der Waals surface area (Å²) in [6.45, 7) is 4.58. The molecule has 1 fully saturated rings. The summed E-state index contributed by atoms with van der Waals surface area (Å²) in [4.78, 5) is 14.2. The number of hydrogen-bond acceptors (Lipinski definition) is 4. The van der Waals surface area contributed by atoms with Crippen LogP contribution in [-0.4, -0.2) is 34.1 Å². The molecule has 1 saturated heterocycles. The number of aryl methyl sites for hydroxylation is 1. The topological polar surface area (TPSA) is 58.4 Å². The van der Waals surface area contributed by atoms with Crippen LogP contribution in [0.3, 0.4) is 0 Å². The van der Waals surface area contributed by atoms with Crippen molar-refractivity contribution < 1.29 is 5.11 Å². The Hall–Kier alpha value is -1.36. The van der Waals surface area contributed by atoms with Crippen LogP contribution in [0.4, 0.5) is 5.69 Å². The molecule has 106 valence electrons. The van der Waals surface area contributed by atoms with Gasteiger partial charge in [-0.15, -0.1) is 0 Å². The molecule has 5 nitrogen and oxygen atoms in total. The van der Waals surface area contributed by atoms with Crippen LogP contribution < -0.4 is 10.5 Å². The smallest absolute Gasteiger partial charge is 0.268 e. The first kappa shape index (κ1) is 14.1. The molecule has 0 aromatic carbocycles. The standard InChI is InChI=1S/C14H23N3O2/c1-2-13(18)6-5-9-17-14(19)10-12(11-15-17)16-7-3-4-8-16/h10-11,13,18H,2-9H2,1H3. The van der Waals surface area contributed by atoms with Crippen LogP contribution >= 0.6 is 0 Å². The highest BCUT2D eigenvalue weighted by atomic mass is 16.3. The summed E-state index contributed by atoms with van der Waals surface area (Å²) in [7, 11) is 0. The van der Waals surface area contributed by atoms with Gasteiger partial charge in [0.15, 0.2) is 0 Å². The van der Waals surface area contributed by atoms with Crippen molar-refractivity contribution in [1.29, 1.82) is 0 Å². The van der Waals surface area contributed by atoms with E-state index in [0.717, 1.165) is 38.0 Å². The SMILES string of the molecule is CCC(O)CCCn1ncc(N2CCCC2)cc1=O. The maximum absolute atomic E-state index is 12.0. The molecule has 0 saturated carbocycles. The Morgan fingerprint density at radius 1 is 1.42 bits per heavy atom. The molecule has 2 rings (SSSR count). The fourth-order valence-corrected chi connectivity index (χ4v) is 2.42. The Balaban J connectivity index is 1.93. The number of aromatic nitrogens is 2. The normalized spacial score (nSPS) is 16.8. The molecule has 0 radical (unpaired) electrons. The highest BCUT2D eigenvalue weighted by Gasteiger charge is 2.13. The molecule has 1 aromatic heterocycles. The third kappa shape index (κ3) is 3.80. The Labute approximate surface area is 113 Å². The van der Waals surface area contributed by atoms with Gasteiger partial charge in [-0.2, -0.15) is 5.10 Å². The predicted octanol–water partition coefficient (Wildman–Crippen LogP) is 1.39. The van der Waals surface area contributed by atoms with Gasteiger partial charge in [-0.3, -0.25) is 4.79 Å². The van der Waals surface area contributed by atoms with Crippen LogP contribution in [0.2, 0.25) is 0 Å². The molecule has 1 unspecified atom stereocenters. The molecule has 0 aliphatic carbocycles. The highest BCUT2D eigenvalue weighted by molar-refractivity contribution is 5.43. The number of aliphatic hydroxyl groups is 1. The van der Waals surface area contributed by atoms with Gasteiger partial charge in [0.05, 0.1) is 18.0 Å². The number of nitrogens with zero attached hydrogens (tertiary/aromatic N) is 3. The minimum atomic E-state index is -0.264. The average molecular weight is 265 g/mol. The van der Waals surface area contributed by atoms with Gasteiger partial charge >= 0.3 is 0 Å². The maximum Gasteiger partial charge on any atom is 0.268 e. The molecule has 1 aliphatic heterocycles. The van der Waals surface area contributed by atoms with Gasteiger partial charge in [0, 0.05) is 25.7 Å². The lowest BCUT2D eigenvalue weighted by Gasteiger charge is -2.17. The minimum absolute atomic E-state index is 0.0459. The van der Waals surface area contributed by atoms with Crippen molar-refractivity contribution in [2.45, 2.75) is 51.7 Å². The first-order valence-electron chi connectivity index (χ1n) is 7.21. The van der Waals surface area contributed by atoms with Gasteiger partial charge in [0.25, 0.3) is 5.56 Å². The summed E-state index contributed by atoms with van der Waals surface area (Å²) in [6, 6.07) is 1.68. The van der Waals surface area contributed by atoms with Crippen LogP contribution in [0.1, 0.15) is 39.0 Å². The zero-order valence-electron chi connectivity index (χ0n) is 11.6. The van der Waals surface area contributed by atoms with Gasteiger partial charge in [-0.1, -0.05) is 6.92 Å². The van der Waals surface area contributed by atoms with Crippen LogP contribution in [-0.2, 0) is 6.54 Å². The van der Waals surface area contributed by atoms with Crippen molar-refractivity contribution in [3.63, 3.8) is 0 Å². The Bertz CT molecular complexity index is 452. The molecule has 5 heteroatoms. The monoisotopic (exact) mass is 265 g/mol. The molecule has 0 spiro atoms. The van der Waals surface area contributed by atoms with Crippen LogP contribution in [0.25, 0.3) is 0 Å². The fourth-order valence-electron chi connectivity index (χ4n) is 2.42. The van der Waals surface area contributed by atoms with E-state index in [1.165, 1.54) is 17.5 Å². The summed E-state index contributed by atoms with van der Waals surface area (Å²) in [6.07, 6.45) is 6.16. The molecule has 2 heterocycles. The molecule has 19 heavy (non-hydrogen) atoms. The van der Waals surface area contributed by atoms with Crippen molar-refractivity contribution in [3.8, 4) is 0 Å². The number of aliphatic hydroxyl groups excluding tert-OH is 1. The summed E-state index contributed by atoms with van der Waals surface area (Å²) in [5, 5.41) is 13.7. The summed E-state index contributed by atoms with van der Waals surface area (Å²) >= 11 is 0. The lowest BCUT2D eigenvalue weighted by atomic mass is 10.1. The van der Waals surface area contributed by atoms with E-state index >= 15 is 0 Å². The van der Waals surface area contributed by atoms with E-state index in [2.05, 4.69) is 10.00 Å². The van der Waals surface area contributed by atoms with Crippen LogP contribution in [0.15, 0.2) is 17.1 Å². The summed E-state index contributed by atoms with van der Waals surface area (Å²) in [5.74, 6) is 0. The Kier molecular flexibility index (Phi) is 4.96. The maximum atomic E-state index is 12.0. The molecular weight excluding hydrogens is 242 g/mol. The van der Waals surface area contributed by atoms with Crippen LogP contribution in [0, 0.1) is 0 Å². The number of hydrogen-bond donors (Lipinski definition) is 1. The zero-order chi connectivity index (χ0) is 13.7. The van der Waals surface area contributed by atoms with Crippen molar-refractivity contribution in [2.75, 3.05) is 18.0 Å². The molecule has 1 N–H and O–H groups in total. The van der Waals surface area contributed by atoms with E-state index in [-0.39, 0.29) is 11.7 Å². The molecule has 0 amide bonds. The zero-order valence-corrected chi connectivity index (χ0v) is 11.6. The van der Waals surface area contributed by atoms with E-state index in [1.54, 1.807) is 12.3 Å². The molecule has 1 atom stereocenters. The Morgan fingerprint density at radius 3 is 2.79 bits per heavy atom. The first-order chi connectivity index (χ1) is 9.20. The summed E-state index contributed by atoms with van der Waals surface area (Å²) in [5.41, 5.74) is 0.891. The average Bonchev–Trinajstić information content (AvgIpc) is 2.94. The minimum Gasteiger partial charge on any atom is -0.393 e. The van der Waals surface area contributed by atoms with Gasteiger partial charge in [-0.25, -0.2) is 4.68 Å². The molecule has 0 bridgehead atoms. The second-order valence-corrected chi connectivity index (χ2v) is 5.17. The predicted molar refractivity (Wildman–Crippen MR) is 75.5 cm³/mol. The van der Waals surface area contributed by atoms with Crippen molar-refractivity contribution in [1.82, 2.24) is 9.78 Å².